The Morgan fingerprint density at radius 2 is 0.371 bits per heavy atom. The molecule has 0 aliphatic carbocycles. The second-order valence-electron chi connectivity index (χ2n) is 43.3. The fraction of sp³-hybridized carbons (Fsp3) is 0.817. The van der Waals surface area contributed by atoms with E-state index in [9.17, 15) is 0 Å². The molecule has 0 heterocycles. The number of rotatable bonds is 46. The summed E-state index contributed by atoms with van der Waals surface area (Å²) in [6.45, 7) is 136. The van der Waals surface area contributed by atoms with Crippen molar-refractivity contribution >= 4 is 119 Å². The lowest BCUT2D eigenvalue weighted by Crippen LogP contribution is -2.44. The standard InChI is InChI=1S/C16H30Si2.C15H28Si2.C10H26OSi2.C9H24OSi2.C8H22OSi2.C8H18.C7H18Si.C7H16.C6H16Si.C6H14.C5H12.C4H10.4C2H4/c1-7-9-14-18(5,6)16-12-10-15(11-13-16)17(3,4)8-2;1-7-13-17(5,6)15-11-9-14(10-12-15)16(3,4)8-2;1-7-9-10-13(5,6)11-12(3,4)8-2;1-7-9-12(5,6)10-11(3,4)8-2;1-7-8-11(5,6)9-10(2,3)4;1-3-5-7-8-6-4-2;1-5-6-7-8(2,3)4;1-3-5-7-6-4-2;1-5-6-7(2,3)4;1-3-5-6-4-2;1-3-5-4-2;1-3-4-2;4*1-2/h10-13H,7-9,14H2,1-6H3;9-12H,7-8,13H2,1-6H3;7-10H2,1-6H3;7-9H2,1-6H3;7-8H2,1-6H3;3-8H2,1-2H3;5-7H2,1-4H3;3-7H2,1-2H3;5-6H2,1-4H3;3-6H2,1-2H3;3-5H2,1-2H3;3-4H2,1-2H3;4*1-2H2. The Hall–Kier alpha value is -0.117. The van der Waals surface area contributed by atoms with Gasteiger partial charge < -0.3 is 12.3 Å². The van der Waals surface area contributed by atoms with Gasteiger partial charge in [-0.05, 0) is 115 Å². The van der Waals surface area contributed by atoms with E-state index in [0.717, 1.165) is 0 Å². The molecular weight excluding hydrogens is 1690 g/mol. The minimum atomic E-state index is -1.32. The molecule has 0 aliphatic rings. The summed E-state index contributed by atoms with van der Waals surface area (Å²) in [5, 5.41) is 6.50. The van der Waals surface area contributed by atoms with Gasteiger partial charge in [0, 0.05) is 16.1 Å². The number of hydrogen-bond acceptors (Lipinski definition) is 3. The lowest BCUT2D eigenvalue weighted by Gasteiger charge is -2.33. The predicted molar refractivity (Wildman–Crippen MR) is 638 cm³/mol. The SMILES string of the molecule is C=C.C=C.C=C.C=C.CCCC.CCCCC.CCCCCC.CCCCCCC.CCCCCCCC.CCCC[Si](C)(C)C.CCCC[Si](C)(C)O[Si](C)(C)CC.CCCC[Si](C)(C)c1ccc([Si](C)(C)CC)cc1.CCC[Si](C)(C)C.CCC[Si](C)(C)O[Si](C)(C)C.CCC[Si](C)(C)O[Si](C)(C)CC.CCC[Si](C)(C)c1ccc([Si](C)(C)CC)cc1. The molecule has 0 N–H and O–H groups in total. The zero-order chi connectivity index (χ0) is 101. The second-order valence-corrected chi connectivity index (χ2v) is 102. The molecule has 752 valence electrons. The molecule has 0 atom stereocenters. The summed E-state index contributed by atoms with van der Waals surface area (Å²) in [7, 11) is -13.7. The lowest BCUT2D eigenvalue weighted by atomic mass is 10.1. The van der Waals surface area contributed by atoms with E-state index in [0.29, 0.717) is 0 Å². The minimum absolute atomic E-state index is 0.657. The molecule has 0 fully saturated rings. The van der Waals surface area contributed by atoms with Crippen LogP contribution in [0.4, 0.5) is 0 Å². The molecule has 0 spiro atoms. The van der Waals surface area contributed by atoms with Gasteiger partial charge in [-0.2, -0.15) is 0 Å². The lowest BCUT2D eigenvalue weighted by molar-refractivity contribution is 0.535. The predicted octanol–water partition coefficient (Wildman–Crippen LogP) is 41.8. The summed E-state index contributed by atoms with van der Waals surface area (Å²) < 4.78 is 18.8. The Bertz CT molecular complexity index is 2320. The summed E-state index contributed by atoms with van der Waals surface area (Å²) >= 11 is 0. The highest BCUT2D eigenvalue weighted by Crippen LogP contribution is 2.25. The van der Waals surface area contributed by atoms with E-state index >= 15 is 0 Å². The topological polar surface area (TPSA) is 27.7 Å². The van der Waals surface area contributed by atoms with Crippen LogP contribution in [-0.2, 0) is 12.3 Å². The van der Waals surface area contributed by atoms with Gasteiger partial charge in [-0.25, -0.2) is 0 Å². The van der Waals surface area contributed by atoms with Crippen LogP contribution in [0.15, 0.2) is 101 Å². The van der Waals surface area contributed by atoms with Gasteiger partial charge in [0.1, 0.15) is 0 Å². The third kappa shape index (κ3) is 124. The van der Waals surface area contributed by atoms with E-state index in [-0.39, 0.29) is 0 Å². The van der Waals surface area contributed by atoms with Crippen molar-refractivity contribution in [2.45, 2.75) is 581 Å². The van der Waals surface area contributed by atoms with E-state index in [2.05, 4.69) is 423 Å². The molecule has 0 bridgehead atoms. The average Bonchev–Trinajstić information content (AvgIpc) is 0.823. The first-order valence-corrected chi connectivity index (χ1v) is 91.8. The van der Waals surface area contributed by atoms with Gasteiger partial charge >= 0.3 is 0 Å². The first-order chi connectivity index (χ1) is 57.3. The Morgan fingerprint density at radius 1 is 0.169 bits per heavy atom. The summed E-state index contributed by atoms with van der Waals surface area (Å²) in [6.07, 6.45) is 41.1. The maximum absolute atomic E-state index is 6.35. The first-order valence-electron chi connectivity index (χ1n) is 52.6. The van der Waals surface area contributed by atoms with Gasteiger partial charge in [-0.15, -0.1) is 52.6 Å². The Balaban J connectivity index is -0.0000000899. The summed E-state index contributed by atoms with van der Waals surface area (Å²) in [5.41, 5.74) is 0. The zero-order valence-corrected chi connectivity index (χ0v) is 108. The van der Waals surface area contributed by atoms with Crippen LogP contribution < -0.4 is 20.7 Å². The van der Waals surface area contributed by atoms with Crippen molar-refractivity contribution in [3.63, 3.8) is 0 Å². The Morgan fingerprint density at radius 3 is 0.556 bits per heavy atom. The van der Waals surface area contributed by atoms with Crippen molar-refractivity contribution in [3.8, 4) is 0 Å². The molecule has 0 saturated carbocycles. The highest BCUT2D eigenvalue weighted by atomic mass is 28.4. The molecule has 2 aromatic rings. The van der Waals surface area contributed by atoms with Gasteiger partial charge in [-0.1, -0.05) is 535 Å². The van der Waals surface area contributed by atoms with Crippen molar-refractivity contribution < 1.29 is 12.3 Å². The minimum Gasteiger partial charge on any atom is -0.456 e. The monoisotopic (exact) mass is 1940 g/mol. The normalized spacial score (nSPS) is 11.3. The van der Waals surface area contributed by atoms with Gasteiger partial charge in [0.2, 0.25) is 0 Å². The highest BCUT2D eigenvalue weighted by molar-refractivity contribution is 6.92. The maximum atomic E-state index is 6.35. The third-order valence-electron chi connectivity index (χ3n) is 22.0. The van der Waals surface area contributed by atoms with Crippen LogP contribution in [0.2, 0.25) is 243 Å². The molecule has 2 rings (SSSR count). The fourth-order valence-electron chi connectivity index (χ4n) is 13.0. The van der Waals surface area contributed by atoms with Gasteiger partial charge in [-0.3, -0.25) is 0 Å². The highest BCUT2D eigenvalue weighted by Gasteiger charge is 2.33. The molecule has 0 saturated heterocycles. The Kier molecular flexibility index (Phi) is 124. The molecule has 0 unspecified atom stereocenters. The molecule has 0 aromatic heterocycles. The van der Waals surface area contributed by atoms with E-state index < -0.39 is 98.3 Å². The third-order valence-corrected chi connectivity index (χ3v) is 62.2. The summed E-state index contributed by atoms with van der Waals surface area (Å²) in [4.78, 5) is 0. The smallest absolute Gasteiger partial charge is 0.173 e. The van der Waals surface area contributed by atoms with Crippen LogP contribution in [0.5, 0.6) is 0 Å². The maximum Gasteiger partial charge on any atom is 0.173 e. The Labute approximate surface area is 807 Å². The fourth-order valence-corrected chi connectivity index (χ4v) is 48.6. The molecule has 0 aliphatic heterocycles. The van der Waals surface area contributed by atoms with Crippen molar-refractivity contribution in [2.24, 2.45) is 0 Å². The number of hydrogen-bond donors (Lipinski definition) is 0. The van der Waals surface area contributed by atoms with Crippen LogP contribution in [0.25, 0.3) is 0 Å². The van der Waals surface area contributed by atoms with Crippen molar-refractivity contribution in [1.82, 2.24) is 0 Å². The second kappa shape index (κ2) is 98.9. The van der Waals surface area contributed by atoms with E-state index in [1.165, 1.54) is 259 Å². The molecule has 0 radical (unpaired) electrons. The van der Waals surface area contributed by atoms with Crippen LogP contribution in [0.3, 0.4) is 0 Å². The van der Waals surface area contributed by atoms with Crippen molar-refractivity contribution in [3.05, 3.63) is 101 Å². The summed E-state index contributed by atoms with van der Waals surface area (Å²) in [6, 6.07) is 34.3. The molecule has 3 nitrogen and oxygen atoms in total. The number of benzene rings is 2. The number of unbranched alkanes of at least 4 members (excludes halogenated alkanes) is 18. The van der Waals surface area contributed by atoms with Crippen LogP contribution >= 0.6 is 0 Å². The van der Waals surface area contributed by atoms with E-state index in [1.807, 2.05) is 0 Å². The molecule has 2 aromatic carbocycles. The van der Waals surface area contributed by atoms with Gasteiger partial charge in [0.15, 0.2) is 49.9 Å². The van der Waals surface area contributed by atoms with Gasteiger partial charge in [0.05, 0.1) is 32.3 Å². The van der Waals surface area contributed by atoms with Crippen LogP contribution in [0, 0.1) is 0 Å². The molecule has 0 amide bonds. The van der Waals surface area contributed by atoms with Crippen LogP contribution in [-0.4, -0.2) is 98.3 Å². The largest absolute Gasteiger partial charge is 0.456 e. The van der Waals surface area contributed by atoms with E-state index in [4.69, 9.17) is 12.3 Å². The molecular formula is C109H250O3Si12. The van der Waals surface area contributed by atoms with Crippen molar-refractivity contribution in [1.29, 1.82) is 0 Å². The zero-order valence-electron chi connectivity index (χ0n) is 96.5. The van der Waals surface area contributed by atoms with Crippen LogP contribution in [0.1, 0.15) is 338 Å². The molecule has 15 heteroatoms. The molecule has 124 heavy (non-hydrogen) atoms. The van der Waals surface area contributed by atoms with Gasteiger partial charge in [0.25, 0.3) is 0 Å². The average molecular weight is 1950 g/mol. The quantitative estimate of drug-likeness (QED) is 0.0376. The van der Waals surface area contributed by atoms with E-state index in [1.54, 1.807) is 20.7 Å². The summed E-state index contributed by atoms with van der Waals surface area (Å²) in [5.74, 6) is 0. The van der Waals surface area contributed by atoms with Crippen molar-refractivity contribution in [2.75, 3.05) is 0 Å². The first kappa shape index (κ1) is 155.